The Morgan fingerprint density at radius 3 is 2.18 bits per heavy atom. The summed E-state index contributed by atoms with van der Waals surface area (Å²) in [6, 6.07) is 6.40. The maximum absolute atomic E-state index is 14.6. The summed E-state index contributed by atoms with van der Waals surface area (Å²) in [4.78, 5) is 26.9. The van der Waals surface area contributed by atoms with Crippen LogP contribution in [0.3, 0.4) is 0 Å². The Bertz CT molecular complexity index is 1460. The lowest BCUT2D eigenvalue weighted by molar-refractivity contribution is -0.151. The molecule has 1 aromatic heterocycles. The molecule has 1 N–H and O–H groups in total. The molecule has 1 amide bonds. The molecule has 0 saturated heterocycles. The van der Waals surface area contributed by atoms with E-state index in [1.807, 2.05) is 0 Å². The number of halogens is 5. The predicted octanol–water partition coefficient (Wildman–Crippen LogP) is 5.87. The molecular weight excluding hydrogens is 605 g/mol. The Hall–Kier alpha value is -4.20. The Labute approximate surface area is 256 Å². The second kappa shape index (κ2) is 14.3. The van der Waals surface area contributed by atoms with Gasteiger partial charge in [0.1, 0.15) is 29.2 Å². The van der Waals surface area contributed by atoms with E-state index >= 15 is 0 Å². The van der Waals surface area contributed by atoms with Gasteiger partial charge in [-0.2, -0.15) is 18.3 Å². The minimum atomic E-state index is -5.01. The van der Waals surface area contributed by atoms with E-state index in [1.54, 1.807) is 13.0 Å². The van der Waals surface area contributed by atoms with E-state index in [-0.39, 0.29) is 54.9 Å². The van der Waals surface area contributed by atoms with Crippen LogP contribution in [-0.2, 0) is 22.3 Å². The summed E-state index contributed by atoms with van der Waals surface area (Å²) >= 11 is 0. The van der Waals surface area contributed by atoms with Crippen LogP contribution >= 0.6 is 0 Å². The normalized spacial score (nSPS) is 17.4. The van der Waals surface area contributed by atoms with Crippen LogP contribution in [0.15, 0.2) is 42.6 Å². The minimum absolute atomic E-state index is 0.0571. The fourth-order valence-corrected chi connectivity index (χ4v) is 5.71. The fraction of sp³-hybridized carbons (Fsp3) is 0.452. The highest BCUT2D eigenvalue weighted by atomic mass is 19.4. The molecule has 9 nitrogen and oxygen atoms in total. The number of alkyl halides is 3. The molecule has 0 aliphatic heterocycles. The van der Waals surface area contributed by atoms with Crippen LogP contribution in [0.2, 0.25) is 0 Å². The van der Waals surface area contributed by atoms with Crippen LogP contribution in [0.25, 0.3) is 0 Å². The average Bonchev–Trinajstić information content (AvgIpc) is 3.46. The molecular formula is C31H34F5N3O6. The number of esters is 1. The van der Waals surface area contributed by atoms with Gasteiger partial charge >= 0.3 is 12.1 Å². The summed E-state index contributed by atoms with van der Waals surface area (Å²) in [6.45, 7) is 0.718. The summed E-state index contributed by atoms with van der Waals surface area (Å²) in [5.41, 5.74) is -2.04. The maximum Gasteiger partial charge on any atom is 0.433 e. The minimum Gasteiger partial charge on any atom is -0.496 e. The van der Waals surface area contributed by atoms with Crippen molar-refractivity contribution in [2.75, 3.05) is 27.4 Å². The second-order valence-electron chi connectivity index (χ2n) is 10.7. The molecule has 1 unspecified atom stereocenters. The van der Waals surface area contributed by atoms with Crippen molar-refractivity contribution in [2.24, 2.45) is 5.92 Å². The van der Waals surface area contributed by atoms with Gasteiger partial charge in [-0.25, -0.2) is 8.78 Å². The smallest absolute Gasteiger partial charge is 0.433 e. The average molecular weight is 640 g/mol. The Morgan fingerprint density at radius 1 is 1.04 bits per heavy atom. The molecule has 45 heavy (non-hydrogen) atoms. The number of ether oxygens (including phenoxy) is 3. The van der Waals surface area contributed by atoms with Gasteiger partial charge in [-0.15, -0.1) is 0 Å². The molecule has 0 bridgehead atoms. The molecule has 14 heteroatoms. The van der Waals surface area contributed by atoms with E-state index in [9.17, 15) is 36.6 Å². The van der Waals surface area contributed by atoms with Crippen molar-refractivity contribution in [2.45, 2.75) is 57.5 Å². The lowest BCUT2D eigenvalue weighted by Crippen LogP contribution is -2.36. The number of methoxy groups -OCH3 is 2. The summed E-state index contributed by atoms with van der Waals surface area (Å²) in [5.74, 6) is -3.55. The van der Waals surface area contributed by atoms with Crippen LogP contribution in [0.1, 0.15) is 71.9 Å². The molecule has 1 aliphatic rings. The molecule has 4 rings (SSSR count). The molecule has 1 heterocycles. The number of carbonyl (C=O) groups is 2. The van der Waals surface area contributed by atoms with Gasteiger partial charge in [0.25, 0.3) is 5.91 Å². The summed E-state index contributed by atoms with van der Waals surface area (Å²) in [5, 5.41) is 15.2. The molecule has 3 aromatic rings. The molecule has 1 fully saturated rings. The highest BCUT2D eigenvalue weighted by molar-refractivity contribution is 5.95. The zero-order valence-electron chi connectivity index (χ0n) is 24.9. The summed E-state index contributed by atoms with van der Waals surface area (Å²) in [7, 11) is 2.68. The highest BCUT2D eigenvalue weighted by Gasteiger charge is 2.43. The first-order valence-corrected chi connectivity index (χ1v) is 14.3. The molecule has 0 spiro atoms. The Balaban J connectivity index is 1.71. The number of rotatable bonds is 11. The van der Waals surface area contributed by atoms with Gasteiger partial charge < -0.3 is 24.2 Å². The van der Waals surface area contributed by atoms with E-state index in [4.69, 9.17) is 14.2 Å². The fourth-order valence-electron chi connectivity index (χ4n) is 5.71. The number of hydrogen-bond donors (Lipinski definition) is 1. The maximum atomic E-state index is 14.6. The molecule has 1 aliphatic carbocycles. The molecule has 244 valence electrons. The third-order valence-corrected chi connectivity index (χ3v) is 7.73. The molecule has 1 saturated carbocycles. The Morgan fingerprint density at radius 2 is 1.64 bits per heavy atom. The number of aliphatic hydroxyl groups is 1. The van der Waals surface area contributed by atoms with Crippen molar-refractivity contribution in [3.8, 4) is 11.5 Å². The second-order valence-corrected chi connectivity index (χ2v) is 10.7. The number of aromatic nitrogens is 2. The number of nitrogens with zero attached hydrogens (tertiary/aromatic N) is 3. The van der Waals surface area contributed by atoms with Crippen LogP contribution in [0.4, 0.5) is 22.0 Å². The number of hydrogen-bond acceptors (Lipinski definition) is 7. The van der Waals surface area contributed by atoms with Crippen molar-refractivity contribution >= 4 is 11.9 Å². The van der Waals surface area contributed by atoms with Crippen molar-refractivity contribution < 1.29 is 50.9 Å². The van der Waals surface area contributed by atoms with Gasteiger partial charge in [-0.1, -0.05) is 6.07 Å². The predicted molar refractivity (Wildman–Crippen MR) is 150 cm³/mol. The molecule has 1 atom stereocenters. The van der Waals surface area contributed by atoms with E-state index in [1.165, 1.54) is 26.4 Å². The number of amides is 1. The first-order valence-electron chi connectivity index (χ1n) is 14.3. The van der Waals surface area contributed by atoms with E-state index < -0.39 is 72.1 Å². The van der Waals surface area contributed by atoms with Gasteiger partial charge in [0.2, 0.25) is 0 Å². The van der Waals surface area contributed by atoms with Gasteiger partial charge in [-0.3, -0.25) is 14.3 Å². The van der Waals surface area contributed by atoms with Gasteiger partial charge in [0.05, 0.1) is 56.7 Å². The van der Waals surface area contributed by atoms with Crippen LogP contribution in [-0.4, -0.2) is 59.0 Å². The third kappa shape index (κ3) is 7.72. The van der Waals surface area contributed by atoms with Gasteiger partial charge in [0.15, 0.2) is 5.69 Å². The quantitative estimate of drug-likeness (QED) is 0.207. The van der Waals surface area contributed by atoms with Crippen LogP contribution in [0.5, 0.6) is 11.5 Å². The SMILES string of the molecule is CCOC(=O)C1CCC(n2ncc(C(=O)N(Cc3cc(F)cc(F)c3)CC(O)c3c(OC)cccc3OC)c2C(F)(F)F)CC1. The van der Waals surface area contributed by atoms with Crippen molar-refractivity contribution in [1.29, 1.82) is 0 Å². The third-order valence-electron chi connectivity index (χ3n) is 7.73. The molecule has 0 radical (unpaired) electrons. The summed E-state index contributed by atoms with van der Waals surface area (Å²) in [6.07, 6.45) is -4.79. The van der Waals surface area contributed by atoms with Crippen molar-refractivity contribution in [1.82, 2.24) is 14.7 Å². The highest BCUT2D eigenvalue weighted by Crippen LogP contribution is 2.40. The standard InChI is InChI=1S/C31H34F5N3O6/c1-4-45-30(42)19-8-10-22(11-9-19)39-28(31(34,35)36)23(15-37-39)29(41)38(16-18-12-20(32)14-21(33)13-18)17-24(40)27-25(43-2)6-5-7-26(27)44-3/h5-7,12-15,19,22,24,40H,4,8-11,16-17H2,1-3H3. The first kappa shape index (κ1) is 33.7. The van der Waals surface area contributed by atoms with Crippen molar-refractivity contribution in [3.05, 3.63) is 76.6 Å². The molecule has 2 aromatic carbocycles. The largest absolute Gasteiger partial charge is 0.496 e. The number of aliphatic hydroxyl groups excluding tert-OH is 1. The van der Waals surface area contributed by atoms with E-state index in [2.05, 4.69) is 5.10 Å². The van der Waals surface area contributed by atoms with Gasteiger partial charge in [0, 0.05) is 12.6 Å². The van der Waals surface area contributed by atoms with Crippen LogP contribution < -0.4 is 9.47 Å². The number of carbonyl (C=O) groups excluding carboxylic acids is 2. The lowest BCUT2D eigenvalue weighted by Gasteiger charge is -2.30. The lowest BCUT2D eigenvalue weighted by atomic mass is 9.86. The number of benzene rings is 2. The first-order chi connectivity index (χ1) is 21.4. The zero-order valence-corrected chi connectivity index (χ0v) is 24.9. The zero-order chi connectivity index (χ0) is 32.9. The van der Waals surface area contributed by atoms with Gasteiger partial charge in [-0.05, 0) is 62.4 Å². The topological polar surface area (TPSA) is 103 Å². The monoisotopic (exact) mass is 639 g/mol. The Kier molecular flexibility index (Phi) is 10.7. The van der Waals surface area contributed by atoms with Crippen LogP contribution in [0, 0.1) is 17.6 Å². The summed E-state index contributed by atoms with van der Waals surface area (Å²) < 4.78 is 88.4. The van der Waals surface area contributed by atoms with Crippen molar-refractivity contribution in [3.63, 3.8) is 0 Å². The van der Waals surface area contributed by atoms with E-state index in [0.717, 1.165) is 27.9 Å². The van der Waals surface area contributed by atoms with E-state index in [0.29, 0.717) is 6.07 Å².